The highest BCUT2D eigenvalue weighted by molar-refractivity contribution is 5.73. The molecule has 0 saturated heterocycles. The van der Waals surface area contributed by atoms with Crippen LogP contribution in [0.1, 0.15) is 117 Å². The largest absolute Gasteiger partial charge is 0.496 e. The Balaban J connectivity index is 0.000000480. The number of benzene rings is 4. The van der Waals surface area contributed by atoms with Crippen LogP contribution in [0.3, 0.4) is 0 Å². The highest BCUT2D eigenvalue weighted by Gasteiger charge is 2.37. The van der Waals surface area contributed by atoms with Gasteiger partial charge in [-0.3, -0.25) is 33.9 Å². The SMILES string of the molecule is CCN(CCNC(C)=O)C(C)c1ccc(F)cc1.CCN(CCNC(C)=O)C(C)c1ccccc1.CCN(CCNC(C)=O)C(C)c1ccccc1OC.CCN(CCNC(C)=O)C(F)(F)c1ccccc1. The summed E-state index contributed by atoms with van der Waals surface area (Å²) in [4.78, 5) is 51.2. The first-order valence-corrected chi connectivity index (χ1v) is 25.1. The van der Waals surface area contributed by atoms with Gasteiger partial charge in [0.25, 0.3) is 0 Å². The standard InChI is InChI=1S/C15H24N2O2.C14H21FN2O.C14H22N2O.C13H18F2N2O/c1-5-17(11-10-16-13(3)18)12(2)14-8-6-7-9-15(14)19-4;1-4-17(10-9-16-12(3)18)11(2)13-5-7-14(15)8-6-13;1-4-16(11-10-15-13(3)17)12(2)14-8-6-5-7-9-14;1-3-17(10-9-16-11(2)18)13(14,15)12-7-5-4-6-8-12/h6-9,12H,5,10-11H2,1-4H3,(H,16,18);5-8,11H,4,9-10H2,1-3H3,(H,16,18);5-9,12H,4,10-11H2,1-3H3,(H,15,17);4-8H,3,9-10H2,1-2H3,(H,16,18). The average molecular weight is 1010 g/mol. The summed E-state index contributed by atoms with van der Waals surface area (Å²) in [5, 5.41) is 11.0. The summed E-state index contributed by atoms with van der Waals surface area (Å²) in [5.74, 6) is 0.518. The quantitative estimate of drug-likeness (QED) is 0.0480. The van der Waals surface area contributed by atoms with E-state index in [-0.39, 0.29) is 66.7 Å². The summed E-state index contributed by atoms with van der Waals surface area (Å²) in [5.41, 5.74) is 3.54. The van der Waals surface area contributed by atoms with Gasteiger partial charge in [-0.1, -0.05) is 119 Å². The molecule has 0 radical (unpaired) electrons. The molecule has 4 rings (SSSR count). The maximum Gasteiger partial charge on any atom is 0.331 e. The molecule has 0 aliphatic carbocycles. The Morgan fingerprint density at radius 3 is 1.25 bits per heavy atom. The molecule has 3 unspecified atom stereocenters. The van der Waals surface area contributed by atoms with Gasteiger partial charge in [0.05, 0.1) is 7.11 Å². The monoisotopic (exact) mass is 1010 g/mol. The Labute approximate surface area is 429 Å². The molecular weight excluding hydrogens is 922 g/mol. The van der Waals surface area contributed by atoms with Crippen LogP contribution in [-0.4, -0.2) is 129 Å². The van der Waals surface area contributed by atoms with E-state index in [1.807, 2.05) is 24.3 Å². The molecule has 4 aromatic carbocycles. The van der Waals surface area contributed by atoms with Crippen molar-refractivity contribution in [1.82, 2.24) is 40.9 Å². The lowest BCUT2D eigenvalue weighted by Gasteiger charge is -2.30. The van der Waals surface area contributed by atoms with Crippen molar-refractivity contribution in [2.45, 2.75) is 100 Å². The van der Waals surface area contributed by atoms with Crippen LogP contribution in [0, 0.1) is 5.82 Å². The zero-order valence-corrected chi connectivity index (χ0v) is 45.1. The number of para-hydroxylation sites is 1. The number of nitrogens with zero attached hydrogens (tertiary/aromatic N) is 4. The predicted octanol–water partition coefficient (Wildman–Crippen LogP) is 8.96. The van der Waals surface area contributed by atoms with Crippen LogP contribution < -0.4 is 26.0 Å². The Morgan fingerprint density at radius 1 is 0.500 bits per heavy atom. The van der Waals surface area contributed by atoms with Crippen LogP contribution in [0.15, 0.2) is 109 Å². The first-order valence-electron chi connectivity index (χ1n) is 25.1. The molecule has 4 N–H and O–H groups in total. The Hall–Kier alpha value is -5.81. The van der Waals surface area contributed by atoms with Gasteiger partial charge in [0.15, 0.2) is 0 Å². The van der Waals surface area contributed by atoms with E-state index >= 15 is 0 Å². The van der Waals surface area contributed by atoms with Crippen molar-refractivity contribution >= 4 is 23.6 Å². The summed E-state index contributed by atoms with van der Waals surface area (Å²) in [7, 11) is 1.69. The number of halogens is 3. The smallest absolute Gasteiger partial charge is 0.331 e. The minimum Gasteiger partial charge on any atom is -0.496 e. The highest BCUT2D eigenvalue weighted by atomic mass is 19.3. The highest BCUT2D eigenvalue weighted by Crippen LogP contribution is 2.32. The second-order valence-corrected chi connectivity index (χ2v) is 17.0. The van der Waals surface area contributed by atoms with E-state index in [0.717, 1.165) is 55.5 Å². The molecule has 72 heavy (non-hydrogen) atoms. The van der Waals surface area contributed by atoms with Crippen molar-refractivity contribution in [3.8, 4) is 5.75 Å². The number of amides is 4. The molecule has 0 fully saturated rings. The lowest BCUT2D eigenvalue weighted by atomic mass is 10.1. The molecule has 0 spiro atoms. The Kier molecular flexibility index (Phi) is 32.2. The van der Waals surface area contributed by atoms with Gasteiger partial charge in [-0.05, 0) is 69.7 Å². The molecule has 0 aromatic heterocycles. The zero-order chi connectivity index (χ0) is 54.1. The van der Waals surface area contributed by atoms with E-state index in [0.29, 0.717) is 25.7 Å². The van der Waals surface area contributed by atoms with Crippen LogP contribution >= 0.6 is 0 Å². The number of nitrogens with one attached hydrogen (secondary N) is 4. The number of hydrogen-bond donors (Lipinski definition) is 4. The van der Waals surface area contributed by atoms with Gasteiger partial charge in [0.2, 0.25) is 23.6 Å². The minimum atomic E-state index is -3.02. The number of carbonyl (C=O) groups excluding carboxylic acids is 4. The molecule has 13 nitrogen and oxygen atoms in total. The van der Waals surface area contributed by atoms with Crippen molar-refractivity contribution in [1.29, 1.82) is 0 Å². The second kappa shape index (κ2) is 36.2. The molecule has 0 aliphatic heterocycles. The number of ether oxygens (including phenoxy) is 1. The van der Waals surface area contributed by atoms with Gasteiger partial charge in [-0.2, -0.15) is 8.78 Å². The number of methoxy groups -OCH3 is 1. The molecule has 4 amide bonds. The predicted molar refractivity (Wildman–Crippen MR) is 285 cm³/mol. The van der Waals surface area contributed by atoms with Crippen LogP contribution in [0.25, 0.3) is 0 Å². The molecular formula is C56H85F3N8O5. The maximum absolute atomic E-state index is 14.2. The van der Waals surface area contributed by atoms with E-state index in [1.165, 1.54) is 49.2 Å². The van der Waals surface area contributed by atoms with Crippen molar-refractivity contribution in [2.24, 2.45) is 0 Å². The normalized spacial score (nSPS) is 12.2. The van der Waals surface area contributed by atoms with E-state index in [1.54, 1.807) is 58.2 Å². The molecule has 0 aliphatic rings. The van der Waals surface area contributed by atoms with Gasteiger partial charge in [0, 0.05) is 116 Å². The van der Waals surface area contributed by atoms with Crippen LogP contribution in [0.4, 0.5) is 13.2 Å². The zero-order valence-electron chi connectivity index (χ0n) is 45.1. The van der Waals surface area contributed by atoms with Crippen LogP contribution in [0.2, 0.25) is 0 Å². The van der Waals surface area contributed by atoms with Crippen molar-refractivity contribution in [3.63, 3.8) is 0 Å². The molecule has 0 bridgehead atoms. The van der Waals surface area contributed by atoms with E-state index in [4.69, 9.17) is 4.74 Å². The van der Waals surface area contributed by atoms with Crippen molar-refractivity contribution in [3.05, 3.63) is 137 Å². The van der Waals surface area contributed by atoms with Gasteiger partial charge in [-0.25, -0.2) is 9.29 Å². The fourth-order valence-corrected chi connectivity index (χ4v) is 7.79. The summed E-state index contributed by atoms with van der Waals surface area (Å²) >= 11 is 0. The average Bonchev–Trinajstić information content (AvgIpc) is 3.37. The Bertz CT molecular complexity index is 2100. The van der Waals surface area contributed by atoms with Crippen molar-refractivity contribution < 1.29 is 37.1 Å². The lowest BCUT2D eigenvalue weighted by Crippen LogP contribution is -2.43. The maximum atomic E-state index is 14.2. The first kappa shape index (κ1) is 64.2. The van der Waals surface area contributed by atoms with Gasteiger partial charge in [-0.15, -0.1) is 0 Å². The van der Waals surface area contributed by atoms with E-state index in [2.05, 4.69) is 108 Å². The lowest BCUT2D eigenvalue weighted by molar-refractivity contribution is -0.153. The summed E-state index contributed by atoms with van der Waals surface area (Å²) in [6.07, 6.45) is 0. The third-order valence-corrected chi connectivity index (χ3v) is 12.1. The first-order chi connectivity index (χ1) is 34.3. The minimum absolute atomic E-state index is 0.0134. The van der Waals surface area contributed by atoms with Gasteiger partial charge >= 0.3 is 6.05 Å². The topological polar surface area (TPSA) is 139 Å². The van der Waals surface area contributed by atoms with Crippen LogP contribution in [-0.2, 0) is 25.2 Å². The summed E-state index contributed by atoms with van der Waals surface area (Å²) in [6.45, 7) is 28.3. The summed E-state index contributed by atoms with van der Waals surface area (Å²) < 4.78 is 46.6. The number of likely N-dealkylation sites (N-methyl/N-ethyl adjacent to an activating group) is 4. The number of rotatable bonds is 25. The number of hydrogen-bond acceptors (Lipinski definition) is 9. The van der Waals surface area contributed by atoms with Crippen LogP contribution in [0.5, 0.6) is 5.75 Å². The third-order valence-electron chi connectivity index (χ3n) is 12.1. The van der Waals surface area contributed by atoms with Gasteiger partial charge < -0.3 is 26.0 Å². The molecule has 4 aromatic rings. The number of alkyl halides is 2. The van der Waals surface area contributed by atoms with Gasteiger partial charge in [0.1, 0.15) is 11.6 Å². The fourth-order valence-electron chi connectivity index (χ4n) is 7.79. The van der Waals surface area contributed by atoms with E-state index in [9.17, 15) is 32.3 Å². The fraction of sp³-hybridized carbons (Fsp3) is 0.500. The van der Waals surface area contributed by atoms with E-state index < -0.39 is 6.05 Å². The molecule has 0 saturated carbocycles. The summed E-state index contributed by atoms with van der Waals surface area (Å²) in [6, 6.07) is 30.6. The molecule has 3 atom stereocenters. The molecule has 16 heteroatoms. The molecule has 400 valence electrons. The third kappa shape index (κ3) is 25.0. The Morgan fingerprint density at radius 2 is 0.861 bits per heavy atom. The number of carbonyl (C=O) groups is 4. The van der Waals surface area contributed by atoms with Crippen molar-refractivity contribution in [2.75, 3.05) is 85.6 Å². The molecule has 0 heterocycles. The second-order valence-electron chi connectivity index (χ2n) is 17.0.